The second kappa shape index (κ2) is 6.38. The number of rotatable bonds is 5. The van der Waals surface area contributed by atoms with Gasteiger partial charge in [0.1, 0.15) is 5.82 Å². The van der Waals surface area contributed by atoms with E-state index in [0.29, 0.717) is 12.0 Å². The van der Waals surface area contributed by atoms with Gasteiger partial charge in [0, 0.05) is 19.3 Å². The Labute approximate surface area is 117 Å². The maximum atomic E-state index is 5.70. The van der Waals surface area contributed by atoms with Crippen LogP contribution in [-0.2, 0) is 6.42 Å². The molecule has 1 aromatic heterocycles. The lowest BCUT2D eigenvalue weighted by Crippen LogP contribution is -2.40. The lowest BCUT2D eigenvalue weighted by molar-refractivity contribution is 0.199. The van der Waals surface area contributed by atoms with Crippen LogP contribution in [0, 0.1) is 5.41 Å². The van der Waals surface area contributed by atoms with Crippen molar-refractivity contribution < 1.29 is 0 Å². The second-order valence-corrected chi connectivity index (χ2v) is 5.72. The molecule has 3 heteroatoms. The molecule has 3 nitrogen and oxygen atoms in total. The molecule has 2 N–H and O–H groups in total. The van der Waals surface area contributed by atoms with Gasteiger partial charge in [-0.1, -0.05) is 32.8 Å². The minimum Gasteiger partial charge on any atom is -0.356 e. The van der Waals surface area contributed by atoms with Crippen LogP contribution < -0.4 is 10.6 Å². The minimum atomic E-state index is 0.569. The molecule has 1 aliphatic rings. The Morgan fingerprint density at radius 3 is 2.53 bits per heavy atom. The fourth-order valence-corrected chi connectivity index (χ4v) is 3.22. The molecule has 19 heavy (non-hydrogen) atoms. The van der Waals surface area contributed by atoms with Gasteiger partial charge in [-0.2, -0.15) is 0 Å². The summed E-state index contributed by atoms with van der Waals surface area (Å²) in [7, 11) is 0. The number of hydrogen-bond acceptors (Lipinski definition) is 3. The molecule has 0 unspecified atom stereocenters. The number of aromatic nitrogens is 1. The first-order chi connectivity index (χ1) is 9.24. The molecule has 0 atom stereocenters. The van der Waals surface area contributed by atoms with Crippen LogP contribution in [0.4, 0.5) is 5.82 Å². The van der Waals surface area contributed by atoms with Crippen LogP contribution >= 0.6 is 0 Å². The predicted octanol–water partition coefficient (Wildman–Crippen LogP) is 2.99. The fraction of sp³-hybridized carbons (Fsp3) is 0.688. The second-order valence-electron chi connectivity index (χ2n) is 5.72. The van der Waals surface area contributed by atoms with Gasteiger partial charge in [0.05, 0.1) is 0 Å². The highest BCUT2D eigenvalue weighted by Gasteiger charge is 2.31. The SMILES string of the molecule is CCC1(CC)CCN(c2ncccc2CCN)CC1. The summed E-state index contributed by atoms with van der Waals surface area (Å²) in [6.07, 6.45) is 8.00. The summed E-state index contributed by atoms with van der Waals surface area (Å²) in [5.41, 5.74) is 7.56. The van der Waals surface area contributed by atoms with E-state index in [2.05, 4.69) is 29.8 Å². The van der Waals surface area contributed by atoms with E-state index in [9.17, 15) is 0 Å². The summed E-state index contributed by atoms with van der Waals surface area (Å²) in [6, 6.07) is 4.18. The van der Waals surface area contributed by atoms with Crippen molar-refractivity contribution in [1.29, 1.82) is 0 Å². The average molecular weight is 261 g/mol. The molecule has 0 amide bonds. The van der Waals surface area contributed by atoms with Crippen LogP contribution in [0.3, 0.4) is 0 Å². The van der Waals surface area contributed by atoms with Crippen LogP contribution in [0.15, 0.2) is 18.3 Å². The largest absolute Gasteiger partial charge is 0.356 e. The highest BCUT2D eigenvalue weighted by Crippen LogP contribution is 2.39. The molecule has 1 saturated heterocycles. The van der Waals surface area contributed by atoms with Gasteiger partial charge in [-0.05, 0) is 42.9 Å². The van der Waals surface area contributed by atoms with Crippen molar-refractivity contribution in [2.75, 3.05) is 24.5 Å². The predicted molar refractivity (Wildman–Crippen MR) is 81.5 cm³/mol. The standard InChI is InChI=1S/C16H27N3/c1-3-16(4-2)8-12-19(13-9-16)15-14(7-10-17)6-5-11-18-15/h5-6,11H,3-4,7-10,12-13,17H2,1-2H3. The molecule has 0 spiro atoms. The third-order valence-electron chi connectivity index (χ3n) is 4.90. The average Bonchev–Trinajstić information content (AvgIpc) is 2.48. The summed E-state index contributed by atoms with van der Waals surface area (Å²) in [5.74, 6) is 1.16. The molecule has 106 valence electrons. The van der Waals surface area contributed by atoms with E-state index in [1.165, 1.54) is 31.2 Å². The van der Waals surface area contributed by atoms with Gasteiger partial charge < -0.3 is 10.6 Å². The molecule has 0 aliphatic carbocycles. The third kappa shape index (κ3) is 3.08. The summed E-state index contributed by atoms with van der Waals surface area (Å²) < 4.78 is 0. The Morgan fingerprint density at radius 2 is 1.95 bits per heavy atom. The number of nitrogens with zero attached hydrogens (tertiary/aromatic N) is 2. The molecular weight excluding hydrogens is 234 g/mol. The molecular formula is C16H27N3. The van der Waals surface area contributed by atoms with Crippen LogP contribution in [0.1, 0.15) is 45.1 Å². The van der Waals surface area contributed by atoms with E-state index in [1.54, 1.807) is 0 Å². The van der Waals surface area contributed by atoms with E-state index >= 15 is 0 Å². The monoisotopic (exact) mass is 261 g/mol. The molecule has 1 aliphatic heterocycles. The molecule has 0 bridgehead atoms. The summed E-state index contributed by atoms with van der Waals surface area (Å²) in [4.78, 5) is 7.04. The van der Waals surface area contributed by atoms with Gasteiger partial charge in [-0.25, -0.2) is 4.98 Å². The fourth-order valence-electron chi connectivity index (χ4n) is 3.22. The van der Waals surface area contributed by atoms with Gasteiger partial charge in [0.25, 0.3) is 0 Å². The molecule has 0 aromatic carbocycles. The summed E-state index contributed by atoms with van der Waals surface area (Å²) in [6.45, 7) is 7.63. The van der Waals surface area contributed by atoms with Crippen molar-refractivity contribution in [3.63, 3.8) is 0 Å². The Bertz CT molecular complexity index is 389. The van der Waals surface area contributed by atoms with Crippen LogP contribution in [0.25, 0.3) is 0 Å². The summed E-state index contributed by atoms with van der Waals surface area (Å²) >= 11 is 0. The van der Waals surface area contributed by atoms with Gasteiger partial charge in [0.15, 0.2) is 0 Å². The Balaban J connectivity index is 2.09. The van der Waals surface area contributed by atoms with Gasteiger partial charge in [0.2, 0.25) is 0 Å². The van der Waals surface area contributed by atoms with Crippen LogP contribution in [0.5, 0.6) is 0 Å². The van der Waals surface area contributed by atoms with Crippen molar-refractivity contribution in [3.8, 4) is 0 Å². The highest BCUT2D eigenvalue weighted by atomic mass is 15.2. The van der Waals surface area contributed by atoms with Crippen molar-refractivity contribution in [3.05, 3.63) is 23.9 Å². The molecule has 1 fully saturated rings. The van der Waals surface area contributed by atoms with Crippen molar-refractivity contribution in [1.82, 2.24) is 4.98 Å². The van der Waals surface area contributed by atoms with E-state index in [4.69, 9.17) is 5.73 Å². The maximum absolute atomic E-state index is 5.70. The van der Waals surface area contributed by atoms with Crippen molar-refractivity contribution >= 4 is 5.82 Å². The number of piperidine rings is 1. The van der Waals surface area contributed by atoms with E-state index in [0.717, 1.165) is 25.3 Å². The van der Waals surface area contributed by atoms with E-state index in [-0.39, 0.29) is 0 Å². The number of pyridine rings is 1. The molecule has 1 aromatic rings. The zero-order valence-electron chi connectivity index (χ0n) is 12.4. The molecule has 2 rings (SSSR count). The zero-order chi connectivity index (χ0) is 13.7. The zero-order valence-corrected chi connectivity index (χ0v) is 12.4. The molecule has 0 saturated carbocycles. The topological polar surface area (TPSA) is 42.2 Å². The van der Waals surface area contributed by atoms with Gasteiger partial charge in [-0.15, -0.1) is 0 Å². The number of hydrogen-bond donors (Lipinski definition) is 1. The quantitative estimate of drug-likeness (QED) is 0.886. The van der Waals surface area contributed by atoms with Gasteiger partial charge >= 0.3 is 0 Å². The smallest absolute Gasteiger partial charge is 0.131 e. The van der Waals surface area contributed by atoms with E-state index in [1.807, 2.05) is 12.3 Å². The number of anilines is 1. The van der Waals surface area contributed by atoms with E-state index < -0.39 is 0 Å². The Kier molecular flexibility index (Phi) is 4.81. The normalized spacial score (nSPS) is 18.6. The first-order valence-corrected chi connectivity index (χ1v) is 7.63. The first kappa shape index (κ1) is 14.3. The molecule has 2 heterocycles. The summed E-state index contributed by atoms with van der Waals surface area (Å²) in [5, 5.41) is 0. The van der Waals surface area contributed by atoms with Crippen molar-refractivity contribution in [2.45, 2.75) is 46.0 Å². The van der Waals surface area contributed by atoms with Crippen LogP contribution in [-0.4, -0.2) is 24.6 Å². The Hall–Kier alpha value is -1.09. The first-order valence-electron chi connectivity index (χ1n) is 7.63. The molecule has 0 radical (unpaired) electrons. The lowest BCUT2D eigenvalue weighted by Gasteiger charge is -2.42. The Morgan fingerprint density at radius 1 is 1.26 bits per heavy atom. The number of nitrogens with two attached hydrogens (primary N) is 1. The maximum Gasteiger partial charge on any atom is 0.131 e. The van der Waals surface area contributed by atoms with Crippen molar-refractivity contribution in [2.24, 2.45) is 11.1 Å². The minimum absolute atomic E-state index is 0.569. The van der Waals surface area contributed by atoms with Crippen LogP contribution in [0.2, 0.25) is 0 Å². The third-order valence-corrected chi connectivity index (χ3v) is 4.90. The van der Waals surface area contributed by atoms with Gasteiger partial charge in [-0.3, -0.25) is 0 Å². The highest BCUT2D eigenvalue weighted by molar-refractivity contribution is 5.47. The lowest BCUT2D eigenvalue weighted by atomic mass is 9.74.